The Labute approximate surface area is 221 Å². The smallest absolute Gasteiger partial charge is 0.247 e. The van der Waals surface area contributed by atoms with E-state index in [2.05, 4.69) is 42.0 Å². The second-order valence-corrected chi connectivity index (χ2v) is 8.82. The maximum absolute atomic E-state index is 12.2. The third-order valence-electron chi connectivity index (χ3n) is 5.94. The summed E-state index contributed by atoms with van der Waals surface area (Å²) in [4.78, 5) is 29.9. The van der Waals surface area contributed by atoms with Crippen molar-refractivity contribution in [3.63, 3.8) is 0 Å². The minimum atomic E-state index is -0.315. The van der Waals surface area contributed by atoms with Gasteiger partial charge in [-0.1, -0.05) is 6.58 Å². The lowest BCUT2D eigenvalue weighted by molar-refractivity contribution is -0.111. The van der Waals surface area contributed by atoms with E-state index >= 15 is 0 Å². The molecular weight excluding hydrogens is 484 g/mol. The second kappa shape index (κ2) is 11.6. The number of imidazole rings is 1. The summed E-state index contributed by atoms with van der Waals surface area (Å²) in [5.41, 5.74) is 3.67. The molecule has 198 valence electrons. The standard InChI is InChI=1S/C27H32N8O3/c1-7-26(36)30-20-15-21(24(38-6)16-23(20)34(4)13-12-33(2)3)31-27-28-11-10-25(32-27)35-17-29-19-14-18(37-5)8-9-22(19)35/h7-11,14-17H,1,12-13H2,2-6H3,(H,30,36)(H,28,31,32). The van der Waals surface area contributed by atoms with Gasteiger partial charge >= 0.3 is 0 Å². The Balaban J connectivity index is 1.68. The van der Waals surface area contributed by atoms with Gasteiger partial charge in [0.1, 0.15) is 23.6 Å². The third-order valence-corrected chi connectivity index (χ3v) is 5.94. The Morgan fingerprint density at radius 2 is 1.87 bits per heavy atom. The van der Waals surface area contributed by atoms with Gasteiger partial charge in [-0.25, -0.2) is 9.97 Å². The van der Waals surface area contributed by atoms with Gasteiger partial charge in [0.05, 0.1) is 42.3 Å². The average molecular weight is 517 g/mol. The number of carbonyl (C=O) groups is 1. The summed E-state index contributed by atoms with van der Waals surface area (Å²) < 4.78 is 12.9. The SMILES string of the molecule is C=CC(=O)Nc1cc(Nc2nccc(-n3cnc4cc(OC)ccc43)n2)c(OC)cc1N(C)CCN(C)C. The van der Waals surface area contributed by atoms with Gasteiger partial charge in [-0.05, 0) is 44.4 Å². The summed E-state index contributed by atoms with van der Waals surface area (Å²) in [6.45, 7) is 5.16. The maximum atomic E-state index is 12.2. The van der Waals surface area contributed by atoms with Crippen molar-refractivity contribution < 1.29 is 14.3 Å². The molecule has 0 aliphatic rings. The van der Waals surface area contributed by atoms with Crippen molar-refractivity contribution in [3.05, 3.63) is 61.6 Å². The summed E-state index contributed by atoms with van der Waals surface area (Å²) in [6, 6.07) is 11.1. The molecule has 0 saturated carbocycles. The van der Waals surface area contributed by atoms with Gasteiger partial charge in [-0.2, -0.15) is 4.98 Å². The van der Waals surface area contributed by atoms with Crippen LogP contribution in [0.3, 0.4) is 0 Å². The van der Waals surface area contributed by atoms with Gasteiger partial charge in [-0.3, -0.25) is 9.36 Å². The van der Waals surface area contributed by atoms with Gasteiger partial charge in [0.15, 0.2) is 0 Å². The molecule has 0 saturated heterocycles. The van der Waals surface area contributed by atoms with Gasteiger partial charge in [-0.15, -0.1) is 0 Å². The molecule has 4 rings (SSSR count). The Morgan fingerprint density at radius 1 is 1.05 bits per heavy atom. The first kappa shape index (κ1) is 26.4. The van der Waals surface area contributed by atoms with Gasteiger partial charge in [0.25, 0.3) is 0 Å². The van der Waals surface area contributed by atoms with E-state index in [-0.39, 0.29) is 5.91 Å². The minimum absolute atomic E-state index is 0.315. The molecule has 0 spiro atoms. The number of likely N-dealkylation sites (N-methyl/N-ethyl adjacent to an activating group) is 2. The number of amides is 1. The molecule has 2 N–H and O–H groups in total. The van der Waals surface area contributed by atoms with Crippen LogP contribution in [-0.2, 0) is 4.79 Å². The van der Waals surface area contributed by atoms with Crippen LogP contribution in [0.15, 0.2) is 61.6 Å². The van der Waals surface area contributed by atoms with Gasteiger partial charge in [0, 0.05) is 38.5 Å². The van der Waals surface area contributed by atoms with Crippen LogP contribution in [0.25, 0.3) is 16.9 Å². The Morgan fingerprint density at radius 3 is 2.58 bits per heavy atom. The molecule has 4 aromatic rings. The van der Waals surface area contributed by atoms with Crippen LogP contribution in [-0.4, -0.2) is 78.8 Å². The second-order valence-electron chi connectivity index (χ2n) is 8.82. The zero-order chi connectivity index (χ0) is 27.2. The maximum Gasteiger partial charge on any atom is 0.247 e. The first-order valence-corrected chi connectivity index (χ1v) is 12.0. The number of carbonyl (C=O) groups excluding carboxylic acids is 1. The Kier molecular flexibility index (Phi) is 8.07. The normalized spacial score (nSPS) is 10.9. The van der Waals surface area contributed by atoms with Crippen molar-refractivity contribution in [3.8, 4) is 17.3 Å². The van der Waals surface area contributed by atoms with Crippen LogP contribution in [0.2, 0.25) is 0 Å². The van der Waals surface area contributed by atoms with E-state index < -0.39 is 0 Å². The van der Waals surface area contributed by atoms with E-state index in [1.807, 2.05) is 50.0 Å². The largest absolute Gasteiger partial charge is 0.497 e. The highest BCUT2D eigenvalue weighted by Gasteiger charge is 2.17. The molecule has 0 bridgehead atoms. The fourth-order valence-electron chi connectivity index (χ4n) is 3.87. The molecule has 2 aromatic heterocycles. The first-order valence-electron chi connectivity index (χ1n) is 12.0. The molecular formula is C27H32N8O3. The number of methoxy groups -OCH3 is 2. The predicted octanol–water partition coefficient (Wildman–Crippen LogP) is 3.70. The Hall–Kier alpha value is -4.64. The van der Waals surface area contributed by atoms with Crippen LogP contribution >= 0.6 is 0 Å². The van der Waals surface area contributed by atoms with Crippen LogP contribution < -0.4 is 25.0 Å². The predicted molar refractivity (Wildman–Crippen MR) is 150 cm³/mol. The lowest BCUT2D eigenvalue weighted by Crippen LogP contribution is -2.29. The number of hydrogen-bond donors (Lipinski definition) is 2. The minimum Gasteiger partial charge on any atom is -0.497 e. The number of fused-ring (bicyclic) bond motifs is 1. The molecule has 0 aliphatic heterocycles. The van der Waals surface area contributed by atoms with Crippen LogP contribution in [0.1, 0.15) is 0 Å². The number of ether oxygens (including phenoxy) is 2. The third kappa shape index (κ3) is 5.84. The molecule has 0 unspecified atom stereocenters. The number of benzene rings is 2. The van der Waals surface area contributed by atoms with Crippen molar-refractivity contribution in [2.24, 2.45) is 0 Å². The highest BCUT2D eigenvalue weighted by molar-refractivity contribution is 6.02. The number of hydrogen-bond acceptors (Lipinski definition) is 9. The number of nitrogens with zero attached hydrogens (tertiary/aromatic N) is 6. The van der Waals surface area contributed by atoms with E-state index in [1.54, 1.807) is 38.9 Å². The summed E-state index contributed by atoms with van der Waals surface area (Å²) in [7, 11) is 9.21. The number of rotatable bonds is 11. The van der Waals surface area contributed by atoms with Gasteiger partial charge in [0.2, 0.25) is 11.9 Å². The highest BCUT2D eigenvalue weighted by Crippen LogP contribution is 2.38. The van der Waals surface area contributed by atoms with E-state index in [9.17, 15) is 4.79 Å². The summed E-state index contributed by atoms with van der Waals surface area (Å²) in [5, 5.41) is 6.13. The molecule has 0 aliphatic carbocycles. The van der Waals surface area contributed by atoms with Crippen LogP contribution in [0, 0.1) is 0 Å². The van der Waals surface area contributed by atoms with E-state index in [1.165, 1.54) is 6.08 Å². The molecule has 2 heterocycles. The van der Waals surface area contributed by atoms with Crippen molar-refractivity contribution in [1.29, 1.82) is 0 Å². The van der Waals surface area contributed by atoms with Crippen molar-refractivity contribution in [1.82, 2.24) is 24.4 Å². The lowest BCUT2D eigenvalue weighted by Gasteiger charge is -2.26. The molecule has 11 nitrogen and oxygen atoms in total. The highest BCUT2D eigenvalue weighted by atomic mass is 16.5. The molecule has 0 atom stereocenters. The average Bonchev–Trinajstić information content (AvgIpc) is 3.35. The molecule has 0 radical (unpaired) electrons. The van der Waals surface area contributed by atoms with Crippen molar-refractivity contribution in [2.45, 2.75) is 0 Å². The van der Waals surface area contributed by atoms with E-state index in [0.29, 0.717) is 28.9 Å². The van der Waals surface area contributed by atoms with E-state index in [0.717, 1.165) is 35.6 Å². The molecule has 11 heteroatoms. The topological polar surface area (TPSA) is 110 Å². The Bertz CT molecular complexity index is 1450. The van der Waals surface area contributed by atoms with Crippen molar-refractivity contribution in [2.75, 3.05) is 64.0 Å². The number of aromatic nitrogens is 4. The molecule has 38 heavy (non-hydrogen) atoms. The molecule has 0 fully saturated rings. The van der Waals surface area contributed by atoms with Gasteiger partial charge < -0.3 is 29.9 Å². The fraction of sp³-hybridized carbons (Fsp3) is 0.259. The first-order chi connectivity index (χ1) is 18.3. The monoisotopic (exact) mass is 516 g/mol. The van der Waals surface area contributed by atoms with Crippen LogP contribution in [0.4, 0.5) is 23.0 Å². The zero-order valence-corrected chi connectivity index (χ0v) is 22.2. The molecule has 1 amide bonds. The number of nitrogens with one attached hydrogen (secondary N) is 2. The fourth-order valence-corrected chi connectivity index (χ4v) is 3.87. The number of anilines is 4. The summed E-state index contributed by atoms with van der Waals surface area (Å²) in [5.74, 6) is 1.97. The van der Waals surface area contributed by atoms with Crippen LogP contribution in [0.5, 0.6) is 11.5 Å². The zero-order valence-electron chi connectivity index (χ0n) is 22.2. The van der Waals surface area contributed by atoms with E-state index in [4.69, 9.17) is 9.47 Å². The summed E-state index contributed by atoms with van der Waals surface area (Å²) in [6.07, 6.45) is 4.60. The summed E-state index contributed by atoms with van der Waals surface area (Å²) >= 11 is 0. The lowest BCUT2D eigenvalue weighted by atomic mass is 10.2. The van der Waals surface area contributed by atoms with Crippen molar-refractivity contribution >= 4 is 40.0 Å². The molecule has 2 aromatic carbocycles. The quantitative estimate of drug-likeness (QED) is 0.288.